The van der Waals surface area contributed by atoms with Crippen LogP contribution >= 0.6 is 0 Å². The van der Waals surface area contributed by atoms with E-state index in [0.29, 0.717) is 17.1 Å². The number of hydrogen-bond acceptors (Lipinski definition) is 5. The summed E-state index contributed by atoms with van der Waals surface area (Å²) in [5.41, 5.74) is 6.09. The number of carbonyl (C=O) groups excluding carboxylic acids is 1. The molecule has 1 rings (SSSR count). The molecule has 6 heteroatoms. The van der Waals surface area contributed by atoms with E-state index in [9.17, 15) is 9.18 Å². The highest BCUT2D eigenvalue weighted by Gasteiger charge is 2.32. The second-order valence-corrected chi connectivity index (χ2v) is 3.76. The molecule has 1 aromatic rings. The first-order valence-corrected chi connectivity index (χ1v) is 5.84. The topological polar surface area (TPSA) is 70.8 Å². The van der Waals surface area contributed by atoms with Crippen molar-refractivity contribution in [2.24, 2.45) is 5.73 Å². The third-order valence-electron chi connectivity index (χ3n) is 2.63. The number of hydrogen-bond donors (Lipinski definition) is 1. The van der Waals surface area contributed by atoms with Crippen LogP contribution in [0, 0.1) is 0 Å². The van der Waals surface area contributed by atoms with Crippen LogP contribution in [0.3, 0.4) is 0 Å². The van der Waals surface area contributed by atoms with Gasteiger partial charge in [-0.25, -0.2) is 9.18 Å². The fraction of sp³-hybridized carbons (Fsp3) is 0.462. The van der Waals surface area contributed by atoms with Crippen LogP contribution in [-0.2, 0) is 9.53 Å². The minimum atomic E-state index is -1.98. The molecule has 0 aliphatic rings. The van der Waals surface area contributed by atoms with Crippen molar-refractivity contribution in [3.05, 3.63) is 23.8 Å². The largest absolute Gasteiger partial charge is 0.496 e. The minimum Gasteiger partial charge on any atom is -0.496 e. The highest BCUT2D eigenvalue weighted by atomic mass is 19.1. The molecule has 0 bridgehead atoms. The van der Waals surface area contributed by atoms with Gasteiger partial charge in [0.25, 0.3) is 0 Å². The number of nitrogens with two attached hydrogens (primary N) is 1. The van der Waals surface area contributed by atoms with Gasteiger partial charge in [-0.05, 0) is 19.1 Å². The van der Waals surface area contributed by atoms with Crippen LogP contribution in [0.25, 0.3) is 0 Å². The summed E-state index contributed by atoms with van der Waals surface area (Å²) in [6.45, 7) is 1.69. The van der Waals surface area contributed by atoms with Crippen LogP contribution in [0.15, 0.2) is 18.2 Å². The highest BCUT2D eigenvalue weighted by Crippen LogP contribution is 2.35. The Balaban J connectivity index is 3.10. The molecule has 2 atom stereocenters. The van der Waals surface area contributed by atoms with Gasteiger partial charge < -0.3 is 19.9 Å². The van der Waals surface area contributed by atoms with Gasteiger partial charge in [-0.15, -0.1) is 0 Å². The fourth-order valence-corrected chi connectivity index (χ4v) is 1.72. The first kappa shape index (κ1) is 15.2. The molecule has 0 amide bonds. The Morgan fingerprint density at radius 3 is 2.26 bits per heavy atom. The Labute approximate surface area is 111 Å². The molecule has 0 radical (unpaired) electrons. The van der Waals surface area contributed by atoms with Gasteiger partial charge in [0.05, 0.1) is 32.4 Å². The zero-order chi connectivity index (χ0) is 14.4. The smallest absolute Gasteiger partial charge is 0.342 e. The van der Waals surface area contributed by atoms with Crippen molar-refractivity contribution in [2.45, 2.75) is 19.1 Å². The van der Waals surface area contributed by atoms with Crippen molar-refractivity contribution in [3.63, 3.8) is 0 Å². The van der Waals surface area contributed by atoms with Gasteiger partial charge in [0.1, 0.15) is 11.5 Å². The monoisotopic (exact) mass is 271 g/mol. The molecule has 0 aliphatic heterocycles. The van der Waals surface area contributed by atoms with Crippen LogP contribution in [0.2, 0.25) is 0 Å². The average molecular weight is 271 g/mol. The lowest BCUT2D eigenvalue weighted by atomic mass is 10.0. The third-order valence-corrected chi connectivity index (χ3v) is 2.63. The van der Waals surface area contributed by atoms with Gasteiger partial charge >= 0.3 is 5.97 Å². The van der Waals surface area contributed by atoms with Crippen molar-refractivity contribution >= 4 is 5.97 Å². The summed E-state index contributed by atoms with van der Waals surface area (Å²) >= 11 is 0. The molecule has 0 spiro atoms. The van der Waals surface area contributed by atoms with Gasteiger partial charge in [0, 0.05) is 0 Å². The Hall–Kier alpha value is -1.82. The quantitative estimate of drug-likeness (QED) is 0.796. The number of methoxy groups -OCH3 is 2. The Bertz CT molecular complexity index is 416. The molecular weight excluding hydrogens is 253 g/mol. The van der Waals surface area contributed by atoms with E-state index in [1.807, 2.05) is 0 Å². The summed E-state index contributed by atoms with van der Waals surface area (Å²) in [6.07, 6.45) is -1.98. The molecular formula is C13H18FNO4. The first-order valence-electron chi connectivity index (χ1n) is 5.84. The normalized spacial score (nSPS) is 13.5. The van der Waals surface area contributed by atoms with E-state index < -0.39 is 18.2 Å². The number of esters is 1. The molecule has 0 saturated heterocycles. The van der Waals surface area contributed by atoms with Gasteiger partial charge in [-0.3, -0.25) is 0 Å². The maximum atomic E-state index is 14.0. The number of alkyl halides is 1. The number of rotatable bonds is 6. The van der Waals surface area contributed by atoms with Gasteiger partial charge in [0.2, 0.25) is 6.17 Å². The molecule has 0 saturated carbocycles. The first-order chi connectivity index (χ1) is 9.06. The standard InChI is InChI=1S/C13H18FNO4/c1-4-19-13(16)11(14)12(15)10-8(17-2)6-5-7-9(10)18-3/h5-7,11-12H,4,15H2,1-3H3/t11?,12-/m0/s1. The summed E-state index contributed by atoms with van der Waals surface area (Å²) in [5, 5.41) is 0. The van der Waals surface area contributed by atoms with Gasteiger partial charge in [-0.2, -0.15) is 0 Å². The van der Waals surface area contributed by atoms with E-state index in [1.54, 1.807) is 25.1 Å². The predicted octanol–water partition coefficient (Wildman–Crippen LogP) is 1.60. The number of benzene rings is 1. The van der Waals surface area contributed by atoms with E-state index in [4.69, 9.17) is 15.2 Å². The molecule has 0 aromatic heterocycles. The molecule has 1 aromatic carbocycles. The zero-order valence-corrected chi connectivity index (χ0v) is 11.2. The van der Waals surface area contributed by atoms with E-state index in [1.165, 1.54) is 14.2 Å². The van der Waals surface area contributed by atoms with Crippen molar-refractivity contribution in [2.75, 3.05) is 20.8 Å². The van der Waals surface area contributed by atoms with E-state index >= 15 is 0 Å². The van der Waals surface area contributed by atoms with E-state index in [-0.39, 0.29) is 6.61 Å². The van der Waals surface area contributed by atoms with Crippen molar-refractivity contribution < 1.29 is 23.4 Å². The molecule has 19 heavy (non-hydrogen) atoms. The van der Waals surface area contributed by atoms with Crippen molar-refractivity contribution in [1.82, 2.24) is 0 Å². The van der Waals surface area contributed by atoms with Crippen molar-refractivity contribution in [3.8, 4) is 11.5 Å². The molecule has 0 fully saturated rings. The molecule has 0 heterocycles. The van der Waals surface area contributed by atoms with Crippen LogP contribution in [0.1, 0.15) is 18.5 Å². The van der Waals surface area contributed by atoms with E-state index in [0.717, 1.165) is 0 Å². The third kappa shape index (κ3) is 3.35. The predicted molar refractivity (Wildman–Crippen MR) is 68.0 cm³/mol. The molecule has 1 unspecified atom stereocenters. The summed E-state index contributed by atoms with van der Waals surface area (Å²) in [6, 6.07) is 3.71. The van der Waals surface area contributed by atoms with Gasteiger partial charge in [-0.1, -0.05) is 6.07 Å². The molecule has 2 N–H and O–H groups in total. The molecule has 5 nitrogen and oxygen atoms in total. The zero-order valence-electron chi connectivity index (χ0n) is 11.2. The summed E-state index contributed by atoms with van der Waals surface area (Å²) in [7, 11) is 2.87. The second kappa shape index (κ2) is 6.94. The summed E-state index contributed by atoms with van der Waals surface area (Å²) < 4.78 is 28.8. The summed E-state index contributed by atoms with van der Waals surface area (Å²) in [5.74, 6) is -0.277. The molecule has 106 valence electrons. The van der Waals surface area contributed by atoms with Crippen LogP contribution in [0.5, 0.6) is 11.5 Å². The average Bonchev–Trinajstić information content (AvgIpc) is 2.44. The highest BCUT2D eigenvalue weighted by molar-refractivity contribution is 5.76. The number of ether oxygens (including phenoxy) is 3. The summed E-state index contributed by atoms with van der Waals surface area (Å²) in [4.78, 5) is 11.4. The fourth-order valence-electron chi connectivity index (χ4n) is 1.72. The number of halogens is 1. The van der Waals surface area contributed by atoms with Crippen molar-refractivity contribution in [1.29, 1.82) is 0 Å². The maximum absolute atomic E-state index is 14.0. The Kier molecular flexibility index (Phi) is 5.57. The second-order valence-electron chi connectivity index (χ2n) is 3.76. The van der Waals surface area contributed by atoms with Crippen LogP contribution in [-0.4, -0.2) is 33.0 Å². The maximum Gasteiger partial charge on any atom is 0.342 e. The number of carbonyl (C=O) groups is 1. The Morgan fingerprint density at radius 2 is 1.84 bits per heavy atom. The molecule has 0 aliphatic carbocycles. The lowest BCUT2D eigenvalue weighted by molar-refractivity contribution is -0.149. The SMILES string of the molecule is CCOC(=O)C(F)[C@@H](N)c1c(OC)cccc1OC. The lowest BCUT2D eigenvalue weighted by Gasteiger charge is -2.20. The van der Waals surface area contributed by atoms with Crippen LogP contribution < -0.4 is 15.2 Å². The lowest BCUT2D eigenvalue weighted by Crippen LogP contribution is -2.32. The Morgan fingerprint density at radius 1 is 1.32 bits per heavy atom. The van der Waals surface area contributed by atoms with Crippen LogP contribution in [0.4, 0.5) is 4.39 Å². The van der Waals surface area contributed by atoms with E-state index in [2.05, 4.69) is 4.74 Å². The van der Waals surface area contributed by atoms with Gasteiger partial charge in [0.15, 0.2) is 0 Å². The minimum absolute atomic E-state index is 0.0923.